The van der Waals surface area contributed by atoms with E-state index in [2.05, 4.69) is 16.0 Å². The first-order valence-corrected chi connectivity index (χ1v) is 6.37. The molecule has 2 aromatic rings. The number of halogens is 1. The summed E-state index contributed by atoms with van der Waals surface area (Å²) in [6, 6.07) is 4.08. The summed E-state index contributed by atoms with van der Waals surface area (Å²) in [6.45, 7) is 2.30. The van der Waals surface area contributed by atoms with E-state index in [4.69, 9.17) is 22.1 Å². The highest BCUT2D eigenvalue weighted by Crippen LogP contribution is 2.23. The molecule has 90 valence electrons. The average Bonchev–Trinajstić information content (AvgIpc) is 2.78. The second-order valence-electron chi connectivity index (χ2n) is 3.47. The molecule has 0 unspecified atom stereocenters. The van der Waals surface area contributed by atoms with Crippen molar-refractivity contribution in [3.63, 3.8) is 0 Å². The van der Waals surface area contributed by atoms with Crippen molar-refractivity contribution in [2.75, 3.05) is 12.3 Å². The van der Waals surface area contributed by atoms with E-state index < -0.39 is 0 Å². The molecule has 0 spiro atoms. The summed E-state index contributed by atoms with van der Waals surface area (Å²) < 4.78 is 5.52. The van der Waals surface area contributed by atoms with E-state index in [1.54, 1.807) is 18.3 Å². The van der Waals surface area contributed by atoms with Crippen LogP contribution in [0, 0.1) is 6.92 Å². The van der Waals surface area contributed by atoms with E-state index in [1.165, 1.54) is 4.88 Å². The van der Waals surface area contributed by atoms with Gasteiger partial charge >= 0.3 is 0 Å². The van der Waals surface area contributed by atoms with Crippen molar-refractivity contribution in [1.82, 2.24) is 9.97 Å². The smallest absolute Gasteiger partial charge is 0.241 e. The maximum Gasteiger partial charge on any atom is 0.241 e. The number of aromatic nitrogens is 2. The maximum absolute atomic E-state index is 5.80. The SMILES string of the molecule is Cc1nc(Cl)nc(OCCc2cccs2)c1N. The zero-order chi connectivity index (χ0) is 12.3. The molecule has 17 heavy (non-hydrogen) atoms. The first-order valence-electron chi connectivity index (χ1n) is 5.11. The molecule has 0 saturated heterocycles. The molecule has 0 bridgehead atoms. The quantitative estimate of drug-likeness (QED) is 0.867. The van der Waals surface area contributed by atoms with Crippen LogP contribution in [-0.2, 0) is 6.42 Å². The van der Waals surface area contributed by atoms with Crippen molar-refractivity contribution in [3.8, 4) is 5.88 Å². The van der Waals surface area contributed by atoms with Gasteiger partial charge in [0, 0.05) is 11.3 Å². The minimum atomic E-state index is 0.155. The van der Waals surface area contributed by atoms with Crippen LogP contribution in [0.5, 0.6) is 5.88 Å². The van der Waals surface area contributed by atoms with Crippen LogP contribution in [0.4, 0.5) is 5.69 Å². The predicted molar refractivity (Wildman–Crippen MR) is 69.7 cm³/mol. The Morgan fingerprint density at radius 2 is 2.29 bits per heavy atom. The Hall–Kier alpha value is -1.33. The van der Waals surface area contributed by atoms with Crippen LogP contribution in [0.25, 0.3) is 0 Å². The molecule has 0 aliphatic heterocycles. The van der Waals surface area contributed by atoms with Crippen LogP contribution >= 0.6 is 22.9 Å². The van der Waals surface area contributed by atoms with Gasteiger partial charge in [0.05, 0.1) is 12.3 Å². The Labute approximate surface area is 108 Å². The first kappa shape index (κ1) is 12.1. The van der Waals surface area contributed by atoms with Crippen LogP contribution in [0.1, 0.15) is 10.6 Å². The van der Waals surface area contributed by atoms with Gasteiger partial charge in [-0.2, -0.15) is 4.98 Å². The second kappa shape index (κ2) is 5.33. The molecule has 0 fully saturated rings. The molecule has 0 amide bonds. The van der Waals surface area contributed by atoms with Crippen LogP contribution in [0.15, 0.2) is 17.5 Å². The van der Waals surface area contributed by atoms with Gasteiger partial charge in [0.15, 0.2) is 0 Å². The molecule has 2 heterocycles. The molecule has 0 saturated carbocycles. The molecule has 0 aromatic carbocycles. The third kappa shape index (κ3) is 3.08. The summed E-state index contributed by atoms with van der Waals surface area (Å²) in [5.74, 6) is 0.360. The van der Waals surface area contributed by atoms with Crippen molar-refractivity contribution in [2.45, 2.75) is 13.3 Å². The monoisotopic (exact) mass is 269 g/mol. The molecule has 2 aromatic heterocycles. The number of aryl methyl sites for hydroxylation is 1. The number of nitrogen functional groups attached to an aromatic ring is 1. The average molecular weight is 270 g/mol. The highest BCUT2D eigenvalue weighted by Gasteiger charge is 2.08. The van der Waals surface area contributed by atoms with Gasteiger partial charge in [0.2, 0.25) is 11.2 Å². The third-order valence-corrected chi connectivity index (χ3v) is 3.35. The fraction of sp³-hybridized carbons (Fsp3) is 0.273. The summed E-state index contributed by atoms with van der Waals surface area (Å²) in [7, 11) is 0. The number of anilines is 1. The van der Waals surface area contributed by atoms with Gasteiger partial charge in [-0.3, -0.25) is 0 Å². The zero-order valence-corrected chi connectivity index (χ0v) is 10.9. The molecule has 0 radical (unpaired) electrons. The minimum Gasteiger partial charge on any atom is -0.476 e. The molecule has 2 rings (SSSR count). The largest absolute Gasteiger partial charge is 0.476 e. The van der Waals surface area contributed by atoms with Crippen LogP contribution in [0.2, 0.25) is 5.28 Å². The molecule has 2 N–H and O–H groups in total. The third-order valence-electron chi connectivity index (χ3n) is 2.24. The molecular formula is C11H12ClN3OS. The van der Waals surface area contributed by atoms with Crippen molar-refractivity contribution >= 4 is 28.6 Å². The summed E-state index contributed by atoms with van der Waals surface area (Å²) in [5, 5.41) is 2.19. The second-order valence-corrected chi connectivity index (χ2v) is 4.85. The van der Waals surface area contributed by atoms with Gasteiger partial charge in [0.1, 0.15) is 5.69 Å². The van der Waals surface area contributed by atoms with E-state index in [0.717, 1.165) is 6.42 Å². The van der Waals surface area contributed by atoms with Gasteiger partial charge in [-0.25, -0.2) is 4.98 Å². The van der Waals surface area contributed by atoms with E-state index in [9.17, 15) is 0 Å². The summed E-state index contributed by atoms with van der Waals surface area (Å²) >= 11 is 7.44. The highest BCUT2D eigenvalue weighted by molar-refractivity contribution is 7.09. The van der Waals surface area contributed by atoms with Gasteiger partial charge < -0.3 is 10.5 Å². The predicted octanol–water partition coefficient (Wildman–Crippen LogP) is 2.70. The number of nitrogens with two attached hydrogens (primary N) is 1. The lowest BCUT2D eigenvalue weighted by Gasteiger charge is -2.08. The Bertz CT molecular complexity index is 502. The van der Waals surface area contributed by atoms with E-state index >= 15 is 0 Å². The van der Waals surface area contributed by atoms with Crippen molar-refractivity contribution < 1.29 is 4.74 Å². The van der Waals surface area contributed by atoms with Gasteiger partial charge in [-0.05, 0) is 30.0 Å². The Kier molecular flexibility index (Phi) is 3.81. The Morgan fingerprint density at radius 1 is 1.47 bits per heavy atom. The lowest BCUT2D eigenvalue weighted by molar-refractivity contribution is 0.311. The summed E-state index contributed by atoms with van der Waals surface area (Å²) in [4.78, 5) is 9.17. The maximum atomic E-state index is 5.80. The van der Waals surface area contributed by atoms with Crippen molar-refractivity contribution in [2.24, 2.45) is 0 Å². The number of hydrogen-bond acceptors (Lipinski definition) is 5. The van der Waals surface area contributed by atoms with Crippen LogP contribution < -0.4 is 10.5 Å². The Balaban J connectivity index is 1.99. The summed E-state index contributed by atoms with van der Waals surface area (Å²) in [5.41, 5.74) is 6.89. The standard InChI is InChI=1S/C11H12ClN3OS/c1-7-9(13)10(15-11(12)14-7)16-5-4-8-3-2-6-17-8/h2-3,6H,4-5,13H2,1H3. The fourth-order valence-electron chi connectivity index (χ4n) is 1.34. The number of thiophene rings is 1. The van der Waals surface area contributed by atoms with Gasteiger partial charge in [-0.1, -0.05) is 6.07 Å². The minimum absolute atomic E-state index is 0.155. The number of rotatable bonds is 4. The lowest BCUT2D eigenvalue weighted by Crippen LogP contribution is -2.06. The molecule has 0 aliphatic rings. The van der Waals surface area contributed by atoms with Gasteiger partial charge in [-0.15, -0.1) is 11.3 Å². The first-order chi connectivity index (χ1) is 8.16. The fourth-order valence-corrected chi connectivity index (χ4v) is 2.23. The van der Waals surface area contributed by atoms with E-state index in [0.29, 0.717) is 23.9 Å². The number of hydrogen-bond donors (Lipinski definition) is 1. The topological polar surface area (TPSA) is 61.0 Å². The van der Waals surface area contributed by atoms with Crippen LogP contribution in [0.3, 0.4) is 0 Å². The molecule has 0 aliphatic carbocycles. The Morgan fingerprint density at radius 3 is 3.00 bits per heavy atom. The lowest BCUT2D eigenvalue weighted by atomic mass is 10.3. The van der Waals surface area contributed by atoms with E-state index in [1.807, 2.05) is 11.4 Å². The van der Waals surface area contributed by atoms with Crippen molar-refractivity contribution in [1.29, 1.82) is 0 Å². The molecule has 6 heteroatoms. The number of ether oxygens (including phenoxy) is 1. The summed E-state index contributed by atoms with van der Waals surface area (Å²) in [6.07, 6.45) is 0.831. The highest BCUT2D eigenvalue weighted by atomic mass is 35.5. The molecule has 0 atom stereocenters. The molecular weight excluding hydrogens is 258 g/mol. The number of nitrogens with zero attached hydrogens (tertiary/aromatic N) is 2. The van der Waals surface area contributed by atoms with Crippen molar-refractivity contribution in [3.05, 3.63) is 33.4 Å². The zero-order valence-electron chi connectivity index (χ0n) is 9.31. The molecule has 4 nitrogen and oxygen atoms in total. The van der Waals surface area contributed by atoms with Crippen LogP contribution in [-0.4, -0.2) is 16.6 Å². The van der Waals surface area contributed by atoms with E-state index in [-0.39, 0.29) is 5.28 Å². The van der Waals surface area contributed by atoms with Gasteiger partial charge in [0.25, 0.3) is 0 Å². The normalized spacial score (nSPS) is 10.5.